The fourth-order valence-corrected chi connectivity index (χ4v) is 6.34. The van der Waals surface area contributed by atoms with Gasteiger partial charge < -0.3 is 33.6 Å². The van der Waals surface area contributed by atoms with Crippen molar-refractivity contribution in [1.82, 2.24) is 0 Å². The monoisotopic (exact) mass is 385 g/mol. The molecule has 9 nitrogen and oxygen atoms in total. The fourth-order valence-electron chi connectivity index (χ4n) is 1.22. The molecule has 0 fully saturated rings. The normalized spacial score (nSPS) is 16.6. The molecule has 2 atom stereocenters. The number of rotatable bonds is 5. The first-order valence-corrected chi connectivity index (χ1v) is 9.47. The molecule has 2 N–H and O–H groups in total. The molecule has 20 heavy (non-hydrogen) atoms. The van der Waals surface area contributed by atoms with Gasteiger partial charge in [-0.15, -0.1) is 0 Å². The number of para-hydroxylation sites is 1. The zero-order valence-corrected chi connectivity index (χ0v) is 13.2. The summed E-state index contributed by atoms with van der Waals surface area (Å²) in [7, 11) is -17.5. The molecule has 0 heterocycles. The third-order valence-corrected chi connectivity index (χ3v) is 9.24. The van der Waals surface area contributed by atoms with Crippen molar-refractivity contribution in [2.24, 2.45) is 0 Å². The summed E-state index contributed by atoms with van der Waals surface area (Å²) >= 11 is 0. The third-order valence-electron chi connectivity index (χ3n) is 1.84. The molecular formula is C7H8FeO9P3. The first-order valence-electron chi connectivity index (χ1n) is 4.57. The Balaban J connectivity index is 0.00000361. The summed E-state index contributed by atoms with van der Waals surface area (Å²) in [6, 6.07) is 6.41. The Morgan fingerprint density at radius 3 is 1.80 bits per heavy atom. The molecule has 0 aliphatic rings. The molecule has 0 spiro atoms. The van der Waals surface area contributed by atoms with Crippen LogP contribution in [0.25, 0.3) is 0 Å². The van der Waals surface area contributed by atoms with Crippen molar-refractivity contribution < 1.29 is 59.8 Å². The summed E-state index contributed by atoms with van der Waals surface area (Å²) in [4.78, 5) is 50.4. The molecule has 1 aromatic carbocycles. The van der Waals surface area contributed by atoms with Crippen LogP contribution in [0.15, 0.2) is 30.3 Å². The van der Waals surface area contributed by atoms with Gasteiger partial charge >= 0.3 is 24.7 Å². The molecule has 0 saturated heterocycles. The first kappa shape index (κ1) is 20.0. The second-order valence-electron chi connectivity index (χ2n) is 3.42. The molecule has 0 bridgehead atoms. The van der Waals surface area contributed by atoms with Crippen LogP contribution in [0.2, 0.25) is 0 Å². The average molecular weight is 385 g/mol. The fraction of sp³-hybridized carbons (Fsp3) is 0.143. The van der Waals surface area contributed by atoms with Gasteiger partial charge in [0.25, 0.3) is 0 Å². The maximum absolute atomic E-state index is 11.5. The van der Waals surface area contributed by atoms with E-state index in [4.69, 9.17) is 9.79 Å². The van der Waals surface area contributed by atoms with Crippen molar-refractivity contribution in [3.63, 3.8) is 0 Å². The van der Waals surface area contributed by atoms with Gasteiger partial charge in [-0.3, -0.25) is 9.13 Å². The predicted molar refractivity (Wildman–Crippen MR) is 58.1 cm³/mol. The van der Waals surface area contributed by atoms with E-state index in [1.165, 1.54) is 18.2 Å². The van der Waals surface area contributed by atoms with Crippen molar-refractivity contribution in [3.05, 3.63) is 30.3 Å². The second-order valence-corrected chi connectivity index (χ2v) is 9.71. The minimum atomic E-state index is -6.12. The molecule has 0 amide bonds. The molecule has 2 unspecified atom stereocenters. The third kappa shape index (κ3) is 5.43. The molecule has 13 heteroatoms. The van der Waals surface area contributed by atoms with Crippen LogP contribution < -0.4 is 19.2 Å². The molecule has 0 aliphatic heterocycles. The maximum Gasteiger partial charge on any atom is 3.00 e. The Kier molecular flexibility index (Phi) is 6.87. The standard InChI is InChI=1S/C7H11O9P3.Fe/c8-17(9,10)7(18(11,12)13)19(14,15)16-6-4-2-1-3-5-6;/h1-5,7H,(H,14,15)(H2,8,9,10)(H2,11,12,13);/q;+3/p-3. The zero-order valence-electron chi connectivity index (χ0n) is 9.41. The van der Waals surface area contributed by atoms with Gasteiger partial charge in [0.2, 0.25) is 7.60 Å². The molecule has 113 valence electrons. The Bertz CT molecular complexity index is 556. The maximum atomic E-state index is 11.5. The quantitative estimate of drug-likeness (QED) is 0.476. The van der Waals surface area contributed by atoms with Crippen LogP contribution >= 0.6 is 22.8 Å². The van der Waals surface area contributed by atoms with Gasteiger partial charge in [0.05, 0.1) is 0 Å². The minimum Gasteiger partial charge on any atom is -0.810 e. The van der Waals surface area contributed by atoms with Crippen LogP contribution in [0.3, 0.4) is 0 Å². The Morgan fingerprint density at radius 2 is 1.45 bits per heavy atom. The number of benzene rings is 1. The van der Waals surface area contributed by atoms with Crippen molar-refractivity contribution in [3.8, 4) is 5.75 Å². The summed E-state index contributed by atoms with van der Waals surface area (Å²) in [5.41, 5.74) is 0. The smallest absolute Gasteiger partial charge is 0.810 e. The molecule has 1 aromatic rings. The van der Waals surface area contributed by atoms with Gasteiger partial charge in [-0.2, -0.15) is 0 Å². The van der Waals surface area contributed by atoms with Crippen molar-refractivity contribution in [2.75, 3.05) is 0 Å². The van der Waals surface area contributed by atoms with Gasteiger partial charge in [-0.1, -0.05) is 18.2 Å². The Hall–Kier alpha value is 0.0295. The van der Waals surface area contributed by atoms with Gasteiger partial charge in [0, 0.05) is 0 Å². The molecular weight excluding hydrogens is 377 g/mol. The van der Waals surface area contributed by atoms with Crippen LogP contribution in [0.5, 0.6) is 5.75 Å². The van der Waals surface area contributed by atoms with E-state index >= 15 is 0 Å². The van der Waals surface area contributed by atoms with Gasteiger partial charge in [-0.25, -0.2) is 0 Å². The summed E-state index contributed by atoms with van der Waals surface area (Å²) in [6.07, 6.45) is 0. The van der Waals surface area contributed by atoms with Crippen molar-refractivity contribution >= 4 is 22.8 Å². The van der Waals surface area contributed by atoms with E-state index in [0.29, 0.717) is 0 Å². The van der Waals surface area contributed by atoms with E-state index in [1.807, 2.05) is 0 Å². The molecule has 1 rings (SSSR count). The average Bonchev–Trinajstić information content (AvgIpc) is 2.11. The van der Waals surface area contributed by atoms with E-state index in [9.17, 15) is 28.4 Å². The topological polar surface area (TPSA) is 170 Å². The Labute approximate surface area is 124 Å². The van der Waals surface area contributed by atoms with Crippen LogP contribution in [0.1, 0.15) is 0 Å². The summed E-state index contributed by atoms with van der Waals surface area (Å²) in [5.74, 6) is -0.368. The Morgan fingerprint density at radius 1 is 1.00 bits per heavy atom. The second kappa shape index (κ2) is 6.86. The van der Waals surface area contributed by atoms with E-state index < -0.39 is 27.9 Å². The first-order chi connectivity index (χ1) is 8.44. The van der Waals surface area contributed by atoms with E-state index in [0.717, 1.165) is 12.1 Å². The van der Waals surface area contributed by atoms with Gasteiger partial charge in [0.15, 0.2) is 5.14 Å². The minimum absolute atomic E-state index is 0. The van der Waals surface area contributed by atoms with Crippen molar-refractivity contribution in [2.45, 2.75) is 5.14 Å². The molecule has 0 saturated carbocycles. The van der Waals surface area contributed by atoms with Crippen LogP contribution in [-0.2, 0) is 30.8 Å². The summed E-state index contributed by atoms with van der Waals surface area (Å²) < 4.78 is 37.4. The van der Waals surface area contributed by atoms with Crippen molar-refractivity contribution in [1.29, 1.82) is 0 Å². The predicted octanol–water partition coefficient (Wildman–Crippen LogP) is -1.01. The van der Waals surface area contributed by atoms with E-state index in [2.05, 4.69) is 4.52 Å². The van der Waals surface area contributed by atoms with Gasteiger partial charge in [0.1, 0.15) is 5.75 Å². The number of hydrogen-bond acceptors (Lipinski definition) is 7. The SMILES string of the molecule is O=P([O-])([O-])C(P(=O)(O)O)P(=O)([O-])Oc1ccccc1.[Fe+3]. The zero-order chi connectivity index (χ0) is 14.9. The molecule has 0 aliphatic carbocycles. The largest absolute Gasteiger partial charge is 3.00 e. The van der Waals surface area contributed by atoms with Gasteiger partial charge in [-0.05, 0) is 19.7 Å². The molecule has 1 radical (unpaired) electrons. The summed E-state index contributed by atoms with van der Waals surface area (Å²) in [5, 5.41) is -3.45. The van der Waals surface area contributed by atoms with Crippen LogP contribution in [0.4, 0.5) is 0 Å². The summed E-state index contributed by atoms with van der Waals surface area (Å²) in [6.45, 7) is 0. The molecule has 0 aromatic heterocycles. The van der Waals surface area contributed by atoms with E-state index in [-0.39, 0.29) is 22.8 Å². The van der Waals surface area contributed by atoms with Crippen LogP contribution in [-0.4, -0.2) is 14.9 Å². The number of hydrogen-bond donors (Lipinski definition) is 2. The van der Waals surface area contributed by atoms with Crippen LogP contribution in [0, 0.1) is 0 Å². The van der Waals surface area contributed by atoms with E-state index in [1.54, 1.807) is 0 Å².